The van der Waals surface area contributed by atoms with Gasteiger partial charge in [-0.25, -0.2) is 8.42 Å². The molecule has 224 valence electrons. The highest BCUT2D eigenvalue weighted by Gasteiger charge is 2.30. The predicted octanol–water partition coefficient (Wildman–Crippen LogP) is 6.63. The molecule has 0 unspecified atom stereocenters. The van der Waals surface area contributed by atoms with E-state index in [2.05, 4.69) is 9.80 Å². The normalized spacial score (nSPS) is 16.9. The molecule has 0 spiro atoms. The third-order valence-corrected chi connectivity index (χ3v) is 9.53. The standard InChI is InChI=1S/C31H45N5O4S/c1-24(2)22-35(23-25(3)4)41(39,40)31-20-27(11-13-30(31)34-17-9-6-10-18-34)32-21-26-19-28(36(37)38)12-14-29(26)33-15-7-5-8-16-33/h11-14,19-21,24-25H,5-10,15-18,22-23H2,1-4H3. The number of hydrogen-bond donors (Lipinski definition) is 0. The van der Waals surface area contributed by atoms with Crippen LogP contribution in [-0.2, 0) is 10.0 Å². The van der Waals surface area contributed by atoms with E-state index in [1.165, 1.54) is 12.5 Å². The van der Waals surface area contributed by atoms with Gasteiger partial charge < -0.3 is 9.80 Å². The number of nitro benzene ring substituents is 1. The molecule has 2 saturated heterocycles. The van der Waals surface area contributed by atoms with Gasteiger partial charge in [0.25, 0.3) is 5.69 Å². The Balaban J connectivity index is 1.77. The van der Waals surface area contributed by atoms with Gasteiger partial charge in [0.15, 0.2) is 0 Å². The van der Waals surface area contributed by atoms with Crippen molar-refractivity contribution in [1.82, 2.24) is 4.31 Å². The number of rotatable bonds is 11. The molecular weight excluding hydrogens is 538 g/mol. The zero-order valence-corrected chi connectivity index (χ0v) is 25.8. The Kier molecular flexibility index (Phi) is 10.4. The zero-order chi connectivity index (χ0) is 29.6. The van der Waals surface area contributed by atoms with Crippen LogP contribution in [0.2, 0.25) is 0 Å². The van der Waals surface area contributed by atoms with Crippen LogP contribution in [0.1, 0.15) is 71.8 Å². The molecule has 0 N–H and O–H groups in total. The van der Waals surface area contributed by atoms with E-state index in [4.69, 9.17) is 4.99 Å². The zero-order valence-electron chi connectivity index (χ0n) is 25.0. The monoisotopic (exact) mass is 583 g/mol. The summed E-state index contributed by atoms with van der Waals surface area (Å²) in [6, 6.07) is 10.3. The summed E-state index contributed by atoms with van der Waals surface area (Å²) in [7, 11) is -3.80. The SMILES string of the molecule is CC(C)CN(CC(C)C)S(=O)(=O)c1cc(N=Cc2cc([N+](=O)[O-])ccc2N2CCCCC2)ccc1N1CCCCC1. The van der Waals surface area contributed by atoms with E-state index in [1.807, 2.05) is 39.8 Å². The molecule has 0 radical (unpaired) electrons. The highest BCUT2D eigenvalue weighted by atomic mass is 32.2. The van der Waals surface area contributed by atoms with Crippen molar-refractivity contribution in [3.8, 4) is 0 Å². The molecule has 41 heavy (non-hydrogen) atoms. The molecule has 0 aliphatic carbocycles. The largest absolute Gasteiger partial charge is 0.371 e. The second kappa shape index (κ2) is 13.8. The fourth-order valence-electron chi connectivity index (χ4n) is 5.74. The Labute approximate surface area is 245 Å². The molecule has 2 aliphatic rings. The van der Waals surface area contributed by atoms with Crippen molar-refractivity contribution in [1.29, 1.82) is 0 Å². The van der Waals surface area contributed by atoms with Gasteiger partial charge in [0.2, 0.25) is 10.0 Å². The van der Waals surface area contributed by atoms with Crippen LogP contribution in [-0.4, -0.2) is 63.1 Å². The summed E-state index contributed by atoms with van der Waals surface area (Å²) in [6.45, 7) is 12.5. The average Bonchev–Trinajstić information content (AvgIpc) is 2.96. The topological polar surface area (TPSA) is 99.4 Å². The maximum Gasteiger partial charge on any atom is 0.270 e. The van der Waals surface area contributed by atoms with Gasteiger partial charge in [-0.05, 0) is 74.6 Å². The Hall–Kier alpha value is -2.98. The first-order valence-corrected chi connectivity index (χ1v) is 16.5. The van der Waals surface area contributed by atoms with Crippen LogP contribution in [0.15, 0.2) is 46.3 Å². The molecular formula is C31H45N5O4S. The second-order valence-corrected chi connectivity index (χ2v) is 14.0. The van der Waals surface area contributed by atoms with Crippen LogP contribution in [0.3, 0.4) is 0 Å². The van der Waals surface area contributed by atoms with Gasteiger partial charge in [-0.15, -0.1) is 0 Å². The van der Waals surface area contributed by atoms with Crippen molar-refractivity contribution in [2.75, 3.05) is 49.1 Å². The molecule has 0 saturated carbocycles. The Bertz CT molecular complexity index is 1320. The Morgan fingerprint density at radius 2 is 1.39 bits per heavy atom. The lowest BCUT2D eigenvalue weighted by molar-refractivity contribution is -0.384. The number of piperidine rings is 2. The van der Waals surface area contributed by atoms with Gasteiger partial charge in [-0.2, -0.15) is 4.31 Å². The maximum absolute atomic E-state index is 14.2. The molecule has 2 aromatic rings. The van der Waals surface area contributed by atoms with E-state index in [0.29, 0.717) is 24.3 Å². The molecule has 10 heteroatoms. The highest BCUT2D eigenvalue weighted by Crippen LogP contribution is 2.35. The fraction of sp³-hybridized carbons (Fsp3) is 0.581. The van der Waals surface area contributed by atoms with E-state index in [0.717, 1.165) is 69.7 Å². The van der Waals surface area contributed by atoms with Gasteiger partial charge in [-0.3, -0.25) is 15.1 Å². The minimum atomic E-state index is -3.80. The number of anilines is 2. The molecule has 2 heterocycles. The van der Waals surface area contributed by atoms with E-state index in [1.54, 1.807) is 28.7 Å². The van der Waals surface area contributed by atoms with Crippen molar-refractivity contribution in [3.63, 3.8) is 0 Å². The van der Waals surface area contributed by atoms with Crippen LogP contribution < -0.4 is 9.80 Å². The molecule has 0 atom stereocenters. The first-order valence-electron chi connectivity index (χ1n) is 15.0. The van der Waals surface area contributed by atoms with Crippen molar-refractivity contribution >= 4 is 39.0 Å². The van der Waals surface area contributed by atoms with Crippen LogP contribution >= 0.6 is 0 Å². The third kappa shape index (κ3) is 7.86. The summed E-state index contributed by atoms with van der Waals surface area (Å²) in [5.74, 6) is 0.371. The van der Waals surface area contributed by atoms with E-state index in [9.17, 15) is 18.5 Å². The number of hydrogen-bond acceptors (Lipinski definition) is 7. The van der Waals surface area contributed by atoms with Crippen molar-refractivity contribution in [3.05, 3.63) is 52.1 Å². The van der Waals surface area contributed by atoms with Gasteiger partial charge >= 0.3 is 0 Å². The van der Waals surface area contributed by atoms with Crippen LogP contribution in [0.5, 0.6) is 0 Å². The second-order valence-electron chi connectivity index (χ2n) is 12.1. The molecule has 0 aromatic heterocycles. The quantitative estimate of drug-likeness (QED) is 0.167. The molecule has 2 fully saturated rings. The number of nitrogens with zero attached hydrogens (tertiary/aromatic N) is 5. The summed E-state index contributed by atoms with van der Waals surface area (Å²) < 4.78 is 30.1. The van der Waals surface area contributed by atoms with Gasteiger partial charge in [0.1, 0.15) is 4.90 Å². The Morgan fingerprint density at radius 1 is 0.854 bits per heavy atom. The summed E-state index contributed by atoms with van der Waals surface area (Å²) in [6.07, 6.45) is 8.20. The Morgan fingerprint density at radius 3 is 1.93 bits per heavy atom. The van der Waals surface area contributed by atoms with E-state index < -0.39 is 14.9 Å². The van der Waals surface area contributed by atoms with E-state index >= 15 is 0 Å². The number of non-ortho nitro benzene ring substituents is 1. The summed E-state index contributed by atoms with van der Waals surface area (Å²) in [5, 5.41) is 11.5. The molecule has 0 bridgehead atoms. The lowest BCUT2D eigenvalue weighted by Crippen LogP contribution is -2.38. The number of benzene rings is 2. The number of nitro groups is 1. The smallest absolute Gasteiger partial charge is 0.270 e. The third-order valence-electron chi connectivity index (χ3n) is 7.67. The lowest BCUT2D eigenvalue weighted by atomic mass is 10.1. The van der Waals surface area contributed by atoms with Crippen molar-refractivity contribution < 1.29 is 13.3 Å². The molecule has 9 nitrogen and oxygen atoms in total. The van der Waals surface area contributed by atoms with Crippen LogP contribution in [0.25, 0.3) is 0 Å². The average molecular weight is 584 g/mol. The van der Waals surface area contributed by atoms with Crippen LogP contribution in [0, 0.1) is 22.0 Å². The van der Waals surface area contributed by atoms with Gasteiger partial charge in [0, 0.05) is 68.9 Å². The van der Waals surface area contributed by atoms with E-state index in [-0.39, 0.29) is 22.4 Å². The minimum Gasteiger partial charge on any atom is -0.371 e. The summed E-state index contributed by atoms with van der Waals surface area (Å²) >= 11 is 0. The predicted molar refractivity (Wildman–Crippen MR) is 167 cm³/mol. The molecule has 2 aliphatic heterocycles. The van der Waals surface area contributed by atoms with Crippen LogP contribution in [0.4, 0.5) is 22.7 Å². The van der Waals surface area contributed by atoms with Crippen molar-refractivity contribution in [2.45, 2.75) is 71.1 Å². The van der Waals surface area contributed by atoms with Gasteiger partial charge in [-0.1, -0.05) is 27.7 Å². The van der Waals surface area contributed by atoms with Gasteiger partial charge in [0.05, 0.1) is 16.3 Å². The summed E-state index contributed by atoms with van der Waals surface area (Å²) in [5.41, 5.74) is 2.82. The first kappa shape index (κ1) is 31.0. The number of aliphatic imine (C=N–C) groups is 1. The lowest BCUT2D eigenvalue weighted by Gasteiger charge is -2.32. The molecule has 2 aromatic carbocycles. The molecule has 4 rings (SSSR count). The fourth-order valence-corrected chi connectivity index (χ4v) is 7.73. The number of sulfonamides is 1. The van der Waals surface area contributed by atoms with Crippen molar-refractivity contribution in [2.24, 2.45) is 16.8 Å². The maximum atomic E-state index is 14.2. The first-order chi connectivity index (χ1) is 19.6. The minimum absolute atomic E-state index is 0.00827. The highest BCUT2D eigenvalue weighted by molar-refractivity contribution is 7.89. The molecule has 0 amide bonds. The summed E-state index contributed by atoms with van der Waals surface area (Å²) in [4.78, 5) is 20.6.